The van der Waals surface area contributed by atoms with Gasteiger partial charge in [-0.15, -0.1) is 12.4 Å². The lowest BCUT2D eigenvalue weighted by molar-refractivity contribution is -0.128. The lowest BCUT2D eigenvalue weighted by Gasteiger charge is -2.15. The first kappa shape index (κ1) is 12.5. The molecule has 17 heavy (non-hydrogen) atoms. The van der Waals surface area contributed by atoms with Gasteiger partial charge in [0.2, 0.25) is 5.91 Å². The number of rotatable bonds is 4. The van der Waals surface area contributed by atoms with Gasteiger partial charge in [-0.3, -0.25) is 4.79 Å². The maximum atomic E-state index is 11.7. The van der Waals surface area contributed by atoms with Crippen LogP contribution in [0.25, 0.3) is 0 Å². The molecule has 1 aliphatic heterocycles. The lowest BCUT2D eigenvalue weighted by Crippen LogP contribution is -2.33. The predicted molar refractivity (Wildman–Crippen MR) is 65.9 cm³/mol. The molecule has 5 heteroatoms. The molecule has 2 aliphatic rings. The second-order valence-electron chi connectivity index (χ2n) is 4.64. The van der Waals surface area contributed by atoms with E-state index in [1.165, 1.54) is 12.8 Å². The Hall–Kier alpha value is -1.00. The predicted octanol–water partition coefficient (Wildman–Crippen LogP) is 1.55. The Balaban J connectivity index is 0.00000108. The second kappa shape index (κ2) is 5.10. The first-order valence-electron chi connectivity index (χ1n) is 5.88. The number of furan rings is 1. The largest absolute Gasteiger partial charge is 0.468 e. The number of halogens is 1. The van der Waals surface area contributed by atoms with Gasteiger partial charge in [-0.1, -0.05) is 0 Å². The van der Waals surface area contributed by atoms with E-state index in [-0.39, 0.29) is 12.4 Å². The fourth-order valence-electron chi connectivity index (χ4n) is 2.27. The molecule has 1 atom stereocenters. The molecule has 1 saturated heterocycles. The van der Waals surface area contributed by atoms with Crippen LogP contribution in [-0.4, -0.2) is 29.4 Å². The minimum atomic E-state index is 0. The van der Waals surface area contributed by atoms with Crippen LogP contribution in [0.3, 0.4) is 0 Å². The van der Waals surface area contributed by atoms with Gasteiger partial charge in [0.1, 0.15) is 5.76 Å². The molecule has 0 spiro atoms. The summed E-state index contributed by atoms with van der Waals surface area (Å²) in [7, 11) is 0. The van der Waals surface area contributed by atoms with Crippen LogP contribution in [0, 0.1) is 0 Å². The molecule has 0 aromatic carbocycles. The third kappa shape index (κ3) is 2.82. The average molecular weight is 257 g/mol. The summed E-state index contributed by atoms with van der Waals surface area (Å²) < 4.78 is 5.25. The highest BCUT2D eigenvalue weighted by Crippen LogP contribution is 2.30. The summed E-state index contributed by atoms with van der Waals surface area (Å²) in [6.45, 7) is 1.58. The van der Waals surface area contributed by atoms with Gasteiger partial charge in [-0.25, -0.2) is 0 Å². The van der Waals surface area contributed by atoms with Crippen molar-refractivity contribution in [2.45, 2.75) is 37.9 Å². The number of amides is 1. The number of likely N-dealkylation sites (tertiary alicyclic amines) is 1. The Bertz CT molecular complexity index is 376. The Labute approximate surface area is 107 Å². The number of nitrogens with zero attached hydrogens (tertiary/aromatic N) is 1. The number of hydrogen-bond donors (Lipinski definition) is 1. The van der Waals surface area contributed by atoms with Crippen LogP contribution < -0.4 is 5.32 Å². The Morgan fingerprint density at radius 1 is 1.47 bits per heavy atom. The van der Waals surface area contributed by atoms with Crippen LogP contribution >= 0.6 is 12.4 Å². The molecule has 1 unspecified atom stereocenters. The van der Waals surface area contributed by atoms with Crippen molar-refractivity contribution in [2.24, 2.45) is 0 Å². The molecule has 94 valence electrons. The zero-order valence-corrected chi connectivity index (χ0v) is 10.4. The zero-order valence-electron chi connectivity index (χ0n) is 9.59. The van der Waals surface area contributed by atoms with Crippen LogP contribution in [0.4, 0.5) is 0 Å². The van der Waals surface area contributed by atoms with Crippen molar-refractivity contribution in [3.05, 3.63) is 24.2 Å². The highest BCUT2D eigenvalue weighted by molar-refractivity contribution is 5.85. The molecule has 2 fully saturated rings. The number of hydrogen-bond acceptors (Lipinski definition) is 3. The first-order chi connectivity index (χ1) is 7.83. The molecule has 4 nitrogen and oxygen atoms in total. The summed E-state index contributed by atoms with van der Waals surface area (Å²) >= 11 is 0. The van der Waals surface area contributed by atoms with Crippen molar-refractivity contribution in [3.63, 3.8) is 0 Å². The normalized spacial score (nSPS) is 23.9. The Morgan fingerprint density at radius 3 is 2.94 bits per heavy atom. The first-order valence-corrected chi connectivity index (χ1v) is 5.88. The summed E-state index contributed by atoms with van der Waals surface area (Å²) in [6.07, 6.45) is 4.69. The second-order valence-corrected chi connectivity index (χ2v) is 4.64. The van der Waals surface area contributed by atoms with Gasteiger partial charge in [-0.2, -0.15) is 0 Å². The summed E-state index contributed by atoms with van der Waals surface area (Å²) in [5, 5.41) is 3.37. The van der Waals surface area contributed by atoms with Gasteiger partial charge < -0.3 is 14.6 Å². The van der Waals surface area contributed by atoms with Crippen molar-refractivity contribution >= 4 is 18.3 Å². The highest BCUT2D eigenvalue weighted by atomic mass is 35.5. The molecule has 0 radical (unpaired) electrons. The molecule has 1 amide bonds. The molecular formula is C12H17ClN2O2. The van der Waals surface area contributed by atoms with Gasteiger partial charge in [0, 0.05) is 25.0 Å². The van der Waals surface area contributed by atoms with Crippen molar-refractivity contribution in [2.75, 3.05) is 6.54 Å². The summed E-state index contributed by atoms with van der Waals surface area (Å²) in [4.78, 5) is 13.7. The summed E-state index contributed by atoms with van der Waals surface area (Å²) in [5.41, 5.74) is 0. The third-order valence-corrected chi connectivity index (χ3v) is 3.29. The van der Waals surface area contributed by atoms with Crippen molar-refractivity contribution in [3.8, 4) is 0 Å². The van der Waals surface area contributed by atoms with Crippen molar-refractivity contribution in [1.29, 1.82) is 0 Å². The molecule has 2 heterocycles. The van der Waals surface area contributed by atoms with Crippen LogP contribution in [0.1, 0.15) is 25.0 Å². The van der Waals surface area contributed by atoms with Crippen LogP contribution in [0.2, 0.25) is 0 Å². The Morgan fingerprint density at radius 2 is 2.29 bits per heavy atom. The minimum absolute atomic E-state index is 0. The molecule has 1 aliphatic carbocycles. The highest BCUT2D eigenvalue weighted by Gasteiger charge is 2.38. The van der Waals surface area contributed by atoms with E-state index in [9.17, 15) is 4.79 Å². The van der Waals surface area contributed by atoms with Crippen LogP contribution in [-0.2, 0) is 11.3 Å². The molecular weight excluding hydrogens is 240 g/mol. The fraction of sp³-hybridized carbons (Fsp3) is 0.583. The SMILES string of the molecule is Cl.O=C1CC(NCc2ccco2)CN1C1CC1. The maximum absolute atomic E-state index is 11.7. The van der Waals surface area contributed by atoms with E-state index in [1.807, 2.05) is 17.0 Å². The fourth-order valence-corrected chi connectivity index (χ4v) is 2.27. The van der Waals surface area contributed by atoms with E-state index in [0.29, 0.717) is 31.0 Å². The number of nitrogens with one attached hydrogen (secondary N) is 1. The van der Waals surface area contributed by atoms with E-state index < -0.39 is 0 Å². The van der Waals surface area contributed by atoms with E-state index in [1.54, 1.807) is 6.26 Å². The van der Waals surface area contributed by atoms with E-state index >= 15 is 0 Å². The maximum Gasteiger partial charge on any atom is 0.224 e. The van der Waals surface area contributed by atoms with Gasteiger partial charge in [0.05, 0.1) is 12.8 Å². The number of carbonyl (C=O) groups excluding carboxylic acids is 1. The topological polar surface area (TPSA) is 45.5 Å². The number of carbonyl (C=O) groups is 1. The molecule has 3 rings (SSSR count). The standard InChI is InChI=1S/C12H16N2O2.ClH/c15-12-6-9(8-14(12)10-3-4-10)13-7-11-2-1-5-16-11;/h1-2,5,9-10,13H,3-4,6-8H2;1H. The van der Waals surface area contributed by atoms with Crippen LogP contribution in [0.15, 0.2) is 22.8 Å². The Kier molecular flexibility index (Phi) is 3.74. The van der Waals surface area contributed by atoms with Gasteiger partial charge in [0.15, 0.2) is 0 Å². The van der Waals surface area contributed by atoms with E-state index in [4.69, 9.17) is 4.42 Å². The molecule has 1 N–H and O–H groups in total. The lowest BCUT2D eigenvalue weighted by atomic mass is 10.2. The van der Waals surface area contributed by atoms with Crippen molar-refractivity contribution in [1.82, 2.24) is 10.2 Å². The minimum Gasteiger partial charge on any atom is -0.468 e. The van der Waals surface area contributed by atoms with E-state index in [0.717, 1.165) is 12.3 Å². The molecule has 1 aromatic heterocycles. The zero-order chi connectivity index (χ0) is 11.0. The quantitative estimate of drug-likeness (QED) is 0.889. The average Bonchev–Trinajstić information content (AvgIpc) is 2.85. The van der Waals surface area contributed by atoms with Gasteiger partial charge in [0.25, 0.3) is 0 Å². The van der Waals surface area contributed by atoms with Gasteiger partial charge in [-0.05, 0) is 25.0 Å². The third-order valence-electron chi connectivity index (χ3n) is 3.29. The van der Waals surface area contributed by atoms with Crippen molar-refractivity contribution < 1.29 is 9.21 Å². The smallest absolute Gasteiger partial charge is 0.224 e. The molecule has 0 bridgehead atoms. The van der Waals surface area contributed by atoms with Crippen LogP contribution in [0.5, 0.6) is 0 Å². The van der Waals surface area contributed by atoms with Gasteiger partial charge >= 0.3 is 0 Å². The monoisotopic (exact) mass is 256 g/mol. The summed E-state index contributed by atoms with van der Waals surface area (Å²) in [5.74, 6) is 1.23. The van der Waals surface area contributed by atoms with E-state index in [2.05, 4.69) is 5.32 Å². The molecule has 1 saturated carbocycles. The molecule has 1 aromatic rings. The summed E-state index contributed by atoms with van der Waals surface area (Å²) in [6, 6.07) is 4.66.